The highest BCUT2D eigenvalue weighted by Gasteiger charge is 2.18. The van der Waals surface area contributed by atoms with Crippen LogP contribution in [0.1, 0.15) is 30.8 Å². The molecule has 0 radical (unpaired) electrons. The predicted octanol–water partition coefficient (Wildman–Crippen LogP) is 2.35. The third-order valence-corrected chi connectivity index (χ3v) is 3.77. The fraction of sp³-hybridized carbons (Fsp3) is 0.158. The lowest BCUT2D eigenvalue weighted by Gasteiger charge is -2.10. The molecule has 5 heteroatoms. The van der Waals surface area contributed by atoms with E-state index in [1.165, 1.54) is 0 Å². The number of rotatable bonds is 3. The van der Waals surface area contributed by atoms with Crippen molar-refractivity contribution in [3.63, 3.8) is 0 Å². The Hall–Kier alpha value is -2.50. The third-order valence-electron chi connectivity index (χ3n) is 3.77. The molecule has 1 aromatic rings. The van der Waals surface area contributed by atoms with Crippen LogP contribution in [-0.4, -0.2) is 27.1 Å². The maximum Gasteiger partial charge on any atom is 0.508 e. The van der Waals surface area contributed by atoms with E-state index in [9.17, 15) is 10.0 Å². The molecule has 2 N–H and O–H groups in total. The molecule has 120 valence electrons. The van der Waals surface area contributed by atoms with Crippen LogP contribution in [0.2, 0.25) is 0 Å². The van der Waals surface area contributed by atoms with Crippen molar-refractivity contribution >= 4 is 23.9 Å². The van der Waals surface area contributed by atoms with Gasteiger partial charge in [-0.2, -0.15) is 0 Å². The summed E-state index contributed by atoms with van der Waals surface area (Å²) in [7, 11) is -1.63. The Morgan fingerprint density at radius 2 is 1.79 bits per heavy atom. The lowest BCUT2D eigenvalue weighted by molar-refractivity contribution is 0.424. The van der Waals surface area contributed by atoms with E-state index in [4.69, 9.17) is 0 Å². The van der Waals surface area contributed by atoms with Crippen molar-refractivity contribution in [1.82, 2.24) is 9.97 Å². The Bertz CT molecular complexity index is 787. The molecule has 0 saturated heterocycles. The van der Waals surface area contributed by atoms with Crippen molar-refractivity contribution < 1.29 is 10.0 Å². The molecule has 0 atom stereocenters. The number of allylic oxidation sites excluding steroid dienone is 12. The normalized spacial score (nSPS) is 18.2. The maximum atomic E-state index is 9.59. The Morgan fingerprint density at radius 3 is 2.67 bits per heavy atom. The molecule has 0 aliphatic heterocycles. The summed E-state index contributed by atoms with van der Waals surface area (Å²) in [6.45, 7) is 0. The molecule has 1 heterocycles. The first kappa shape index (κ1) is 16.4. The average molecular weight is 318 g/mol. The first-order valence-electron chi connectivity index (χ1n) is 8.06. The minimum absolute atomic E-state index is 0.199. The zero-order valence-corrected chi connectivity index (χ0v) is 13.3. The van der Waals surface area contributed by atoms with Crippen molar-refractivity contribution in [2.24, 2.45) is 0 Å². The van der Waals surface area contributed by atoms with E-state index in [1.54, 1.807) is 6.07 Å². The Morgan fingerprint density at radius 1 is 0.875 bits per heavy atom. The van der Waals surface area contributed by atoms with Gasteiger partial charge in [-0.25, -0.2) is 9.97 Å². The van der Waals surface area contributed by atoms with Crippen LogP contribution < -0.4 is 5.59 Å². The van der Waals surface area contributed by atoms with E-state index in [1.807, 2.05) is 48.6 Å². The van der Waals surface area contributed by atoms with Crippen LogP contribution in [0.25, 0.3) is 11.1 Å². The predicted molar refractivity (Wildman–Crippen MR) is 98.2 cm³/mol. The number of nitrogens with zero attached hydrogens (tertiary/aromatic N) is 2. The van der Waals surface area contributed by atoms with Crippen molar-refractivity contribution in [2.45, 2.75) is 19.3 Å². The summed E-state index contributed by atoms with van der Waals surface area (Å²) in [6, 6.07) is 1.63. The summed E-state index contributed by atoms with van der Waals surface area (Å²) in [5, 5.41) is 19.2. The number of hydrogen-bond donors (Lipinski definition) is 2. The van der Waals surface area contributed by atoms with Crippen LogP contribution in [0, 0.1) is 0 Å². The highest BCUT2D eigenvalue weighted by atomic mass is 16.4. The van der Waals surface area contributed by atoms with Crippen LogP contribution in [0.4, 0.5) is 0 Å². The molecule has 24 heavy (non-hydrogen) atoms. The van der Waals surface area contributed by atoms with Crippen molar-refractivity contribution in [3.8, 4) is 0 Å². The van der Waals surface area contributed by atoms with E-state index in [0.29, 0.717) is 11.5 Å². The lowest BCUT2D eigenvalue weighted by atomic mass is 9.84. The van der Waals surface area contributed by atoms with Gasteiger partial charge in [-0.1, -0.05) is 60.8 Å². The SMILES string of the molecule is OB(O)c1cc(C2=CCC/C=C/C=C2)nc(C2=CC=CCC=C2)n1. The summed E-state index contributed by atoms with van der Waals surface area (Å²) in [5.41, 5.74) is 2.70. The average Bonchev–Trinajstić information content (AvgIpc) is 2.83. The van der Waals surface area contributed by atoms with Crippen LogP contribution in [0.5, 0.6) is 0 Å². The molecule has 0 bridgehead atoms. The highest BCUT2D eigenvalue weighted by molar-refractivity contribution is 6.57. The molecule has 3 rings (SSSR count). The Balaban J connectivity index is 2.07. The van der Waals surface area contributed by atoms with E-state index in [2.05, 4.69) is 22.1 Å². The zero-order valence-electron chi connectivity index (χ0n) is 13.3. The minimum atomic E-state index is -1.63. The fourth-order valence-electron chi connectivity index (χ4n) is 2.53. The van der Waals surface area contributed by atoms with Gasteiger partial charge in [0.1, 0.15) is 0 Å². The molecule has 0 aromatic carbocycles. The topological polar surface area (TPSA) is 66.2 Å². The highest BCUT2D eigenvalue weighted by Crippen LogP contribution is 2.20. The maximum absolute atomic E-state index is 9.59. The third kappa shape index (κ3) is 4.07. The van der Waals surface area contributed by atoms with Gasteiger partial charge in [0.2, 0.25) is 0 Å². The van der Waals surface area contributed by atoms with Crippen LogP contribution in [0.15, 0.2) is 66.8 Å². The van der Waals surface area contributed by atoms with Gasteiger partial charge >= 0.3 is 7.12 Å². The molecule has 4 nitrogen and oxygen atoms in total. The smallest absolute Gasteiger partial charge is 0.422 e. The second kappa shape index (κ2) is 7.86. The standard InChI is InChI=1S/C19H19BN2O2/c23-20(24)18-14-17(15-10-6-2-1-3-7-11-15)21-19(22-18)16-12-8-4-5-9-13-16/h1-2,4,6,8-14,23-24H,3,5,7H2/b2-1+,10-6?,15-11?. The first-order valence-corrected chi connectivity index (χ1v) is 8.06. The Labute approximate surface area is 142 Å². The van der Waals surface area contributed by atoms with Gasteiger partial charge in [-0.15, -0.1) is 0 Å². The molecule has 0 saturated carbocycles. The molecule has 1 aromatic heterocycles. The van der Waals surface area contributed by atoms with Gasteiger partial charge in [-0.05, 0) is 30.9 Å². The van der Waals surface area contributed by atoms with Gasteiger partial charge < -0.3 is 10.0 Å². The van der Waals surface area contributed by atoms with E-state index >= 15 is 0 Å². The number of aromatic nitrogens is 2. The van der Waals surface area contributed by atoms with Crippen LogP contribution in [0.3, 0.4) is 0 Å². The van der Waals surface area contributed by atoms with E-state index < -0.39 is 7.12 Å². The quantitative estimate of drug-likeness (QED) is 0.840. The summed E-state index contributed by atoms with van der Waals surface area (Å²) in [4.78, 5) is 8.95. The summed E-state index contributed by atoms with van der Waals surface area (Å²) >= 11 is 0. The molecule has 2 aliphatic carbocycles. The van der Waals surface area contributed by atoms with Gasteiger partial charge in [-0.3, -0.25) is 0 Å². The van der Waals surface area contributed by atoms with Crippen molar-refractivity contribution in [2.75, 3.05) is 0 Å². The molecule has 0 fully saturated rings. The summed E-state index contributed by atoms with van der Waals surface area (Å²) < 4.78 is 0. The van der Waals surface area contributed by atoms with Crippen molar-refractivity contribution in [3.05, 3.63) is 78.3 Å². The van der Waals surface area contributed by atoms with Gasteiger partial charge in [0, 0.05) is 5.57 Å². The molecular weight excluding hydrogens is 299 g/mol. The lowest BCUT2D eigenvalue weighted by Crippen LogP contribution is -2.34. The van der Waals surface area contributed by atoms with E-state index in [0.717, 1.165) is 30.4 Å². The van der Waals surface area contributed by atoms with E-state index in [-0.39, 0.29) is 5.59 Å². The monoisotopic (exact) mass is 318 g/mol. The van der Waals surface area contributed by atoms with Crippen molar-refractivity contribution in [1.29, 1.82) is 0 Å². The van der Waals surface area contributed by atoms with Gasteiger partial charge in [0.25, 0.3) is 0 Å². The molecular formula is C19H19BN2O2. The first-order chi connectivity index (χ1) is 11.7. The summed E-state index contributed by atoms with van der Waals surface area (Å²) in [5.74, 6) is 0.491. The minimum Gasteiger partial charge on any atom is -0.422 e. The van der Waals surface area contributed by atoms with Gasteiger partial charge in [0.15, 0.2) is 5.82 Å². The largest absolute Gasteiger partial charge is 0.508 e. The van der Waals surface area contributed by atoms with Gasteiger partial charge in [0.05, 0.1) is 11.3 Å². The van der Waals surface area contributed by atoms with Crippen LogP contribution in [-0.2, 0) is 0 Å². The second-order valence-electron chi connectivity index (χ2n) is 5.59. The van der Waals surface area contributed by atoms with Crippen LogP contribution >= 0.6 is 0 Å². The molecule has 0 unspecified atom stereocenters. The molecule has 2 aliphatic rings. The molecule has 0 amide bonds. The Kier molecular flexibility index (Phi) is 5.36. The summed E-state index contributed by atoms with van der Waals surface area (Å²) in [6.07, 6.45) is 22.8. The molecule has 0 spiro atoms. The fourth-order valence-corrected chi connectivity index (χ4v) is 2.53. The second-order valence-corrected chi connectivity index (χ2v) is 5.59. The zero-order chi connectivity index (χ0) is 16.8. The number of hydrogen-bond acceptors (Lipinski definition) is 4.